The van der Waals surface area contributed by atoms with Crippen LogP contribution in [0.4, 0.5) is 4.39 Å². The molecule has 0 spiro atoms. The van der Waals surface area contributed by atoms with Crippen molar-refractivity contribution in [3.8, 4) is 0 Å². The van der Waals surface area contributed by atoms with Crippen LogP contribution in [0.3, 0.4) is 0 Å². The molecule has 0 saturated carbocycles. The Labute approximate surface area is 152 Å². The number of carbonyl (C=O) groups is 3. The predicted molar refractivity (Wildman–Crippen MR) is 93.6 cm³/mol. The van der Waals surface area contributed by atoms with Gasteiger partial charge in [0.1, 0.15) is 11.9 Å². The minimum atomic E-state index is -0.857. The summed E-state index contributed by atoms with van der Waals surface area (Å²) >= 11 is 0. The van der Waals surface area contributed by atoms with Crippen LogP contribution in [0.15, 0.2) is 24.3 Å². The largest absolute Gasteiger partial charge is 0.357 e. The van der Waals surface area contributed by atoms with E-state index in [1.807, 2.05) is 13.8 Å². The molecule has 0 fully saturated rings. The Morgan fingerprint density at radius 3 is 2.23 bits per heavy atom. The highest BCUT2D eigenvalue weighted by atomic mass is 19.1. The average Bonchev–Trinajstić information content (AvgIpc) is 2.61. The van der Waals surface area contributed by atoms with Gasteiger partial charge in [-0.25, -0.2) is 9.87 Å². The Kier molecular flexibility index (Phi) is 8.71. The lowest BCUT2D eigenvalue weighted by molar-refractivity contribution is -0.136. The van der Waals surface area contributed by atoms with Gasteiger partial charge in [-0.3, -0.25) is 19.6 Å². The van der Waals surface area contributed by atoms with Crippen LogP contribution in [0.1, 0.15) is 32.3 Å². The third-order valence-electron chi connectivity index (χ3n) is 3.92. The molecular weight excluding hydrogens is 341 g/mol. The molecule has 1 unspecified atom stereocenters. The predicted octanol–water partition coefficient (Wildman–Crippen LogP) is 1.16. The van der Waals surface area contributed by atoms with E-state index in [0.29, 0.717) is 12.0 Å². The van der Waals surface area contributed by atoms with Crippen molar-refractivity contribution in [1.82, 2.24) is 16.1 Å². The Morgan fingerprint density at radius 1 is 1.12 bits per heavy atom. The summed E-state index contributed by atoms with van der Waals surface area (Å²) in [6.45, 7) is 3.82. The normalized spacial score (nSPS) is 13.0. The van der Waals surface area contributed by atoms with Crippen LogP contribution in [-0.2, 0) is 20.8 Å². The van der Waals surface area contributed by atoms with Crippen LogP contribution in [0.25, 0.3) is 0 Å². The second-order valence-electron chi connectivity index (χ2n) is 6.57. The Bertz CT molecular complexity index is 619. The molecule has 1 rings (SSSR count). The molecule has 1 aromatic rings. The highest BCUT2D eigenvalue weighted by Gasteiger charge is 2.27. The van der Waals surface area contributed by atoms with E-state index in [9.17, 15) is 18.8 Å². The fraction of sp³-hybridized carbons (Fsp3) is 0.500. The molecule has 26 heavy (non-hydrogen) atoms. The number of hydroxylamine groups is 1. The van der Waals surface area contributed by atoms with Gasteiger partial charge >= 0.3 is 0 Å². The maximum absolute atomic E-state index is 13.0. The smallest absolute Gasteiger partial charge is 0.244 e. The van der Waals surface area contributed by atoms with Gasteiger partial charge in [0, 0.05) is 25.8 Å². The Balaban J connectivity index is 2.88. The van der Waals surface area contributed by atoms with Crippen molar-refractivity contribution in [2.24, 2.45) is 11.8 Å². The molecule has 2 atom stereocenters. The third-order valence-corrected chi connectivity index (χ3v) is 3.92. The number of rotatable bonds is 9. The molecule has 1 aromatic carbocycles. The van der Waals surface area contributed by atoms with E-state index in [1.54, 1.807) is 12.1 Å². The number of nitrogens with one attached hydrogen (secondary N) is 3. The second-order valence-corrected chi connectivity index (χ2v) is 6.57. The number of hydrogen-bond donors (Lipinski definition) is 4. The first-order valence-corrected chi connectivity index (χ1v) is 8.46. The molecule has 8 heteroatoms. The number of benzene rings is 1. The fourth-order valence-electron chi connectivity index (χ4n) is 2.65. The van der Waals surface area contributed by atoms with E-state index in [2.05, 4.69) is 10.6 Å². The summed E-state index contributed by atoms with van der Waals surface area (Å²) in [7, 11) is 1.46. The monoisotopic (exact) mass is 367 g/mol. The third kappa shape index (κ3) is 7.18. The first-order valence-electron chi connectivity index (χ1n) is 8.46. The van der Waals surface area contributed by atoms with Crippen molar-refractivity contribution in [3.63, 3.8) is 0 Å². The minimum absolute atomic E-state index is 0.146. The molecule has 3 amide bonds. The van der Waals surface area contributed by atoms with Gasteiger partial charge in [-0.2, -0.15) is 0 Å². The van der Waals surface area contributed by atoms with E-state index in [0.717, 1.165) is 0 Å². The topological polar surface area (TPSA) is 108 Å². The molecule has 0 aliphatic carbocycles. The van der Waals surface area contributed by atoms with E-state index < -0.39 is 29.7 Å². The van der Waals surface area contributed by atoms with Crippen molar-refractivity contribution >= 4 is 17.7 Å². The van der Waals surface area contributed by atoms with E-state index >= 15 is 0 Å². The van der Waals surface area contributed by atoms with Crippen LogP contribution in [0.5, 0.6) is 0 Å². The van der Waals surface area contributed by atoms with Crippen molar-refractivity contribution in [2.45, 2.75) is 39.2 Å². The average molecular weight is 367 g/mol. The first kappa shape index (κ1) is 21.6. The molecule has 0 radical (unpaired) electrons. The van der Waals surface area contributed by atoms with Crippen LogP contribution in [-0.4, -0.2) is 36.0 Å². The van der Waals surface area contributed by atoms with Crippen molar-refractivity contribution in [1.29, 1.82) is 0 Å². The molecule has 7 nitrogen and oxygen atoms in total. The van der Waals surface area contributed by atoms with Crippen molar-refractivity contribution in [3.05, 3.63) is 35.6 Å². The van der Waals surface area contributed by atoms with Gasteiger partial charge in [-0.15, -0.1) is 0 Å². The van der Waals surface area contributed by atoms with Gasteiger partial charge in [0.15, 0.2) is 0 Å². The first-order chi connectivity index (χ1) is 12.3. The quantitative estimate of drug-likeness (QED) is 0.388. The molecule has 0 aromatic heterocycles. The molecule has 0 heterocycles. The van der Waals surface area contributed by atoms with Crippen LogP contribution >= 0.6 is 0 Å². The van der Waals surface area contributed by atoms with Gasteiger partial charge in [-0.05, 0) is 30.0 Å². The maximum Gasteiger partial charge on any atom is 0.244 e. The zero-order valence-electron chi connectivity index (χ0n) is 15.2. The molecule has 0 aliphatic heterocycles. The molecular formula is C18H26FN3O4. The maximum atomic E-state index is 13.0. The summed E-state index contributed by atoms with van der Waals surface area (Å²) < 4.78 is 13.0. The zero-order valence-corrected chi connectivity index (χ0v) is 15.2. The van der Waals surface area contributed by atoms with Crippen molar-refractivity contribution < 1.29 is 24.0 Å². The zero-order chi connectivity index (χ0) is 19.7. The van der Waals surface area contributed by atoms with Crippen LogP contribution in [0.2, 0.25) is 0 Å². The summed E-state index contributed by atoms with van der Waals surface area (Å²) in [5, 5.41) is 13.8. The Hall–Kier alpha value is -2.48. The molecule has 0 bridgehead atoms. The number of hydrogen-bond acceptors (Lipinski definition) is 4. The lowest BCUT2D eigenvalue weighted by atomic mass is 9.92. The summed E-state index contributed by atoms with van der Waals surface area (Å²) in [5.41, 5.74) is 2.21. The minimum Gasteiger partial charge on any atom is -0.357 e. The van der Waals surface area contributed by atoms with Gasteiger partial charge in [0.25, 0.3) is 0 Å². The summed E-state index contributed by atoms with van der Waals surface area (Å²) in [6, 6.07) is 4.80. The van der Waals surface area contributed by atoms with Crippen LogP contribution < -0.4 is 16.1 Å². The molecule has 4 N–H and O–H groups in total. The second kappa shape index (κ2) is 10.5. The van der Waals surface area contributed by atoms with E-state index in [4.69, 9.17) is 5.21 Å². The highest BCUT2D eigenvalue weighted by molar-refractivity contribution is 5.90. The lowest BCUT2D eigenvalue weighted by Gasteiger charge is -2.22. The van der Waals surface area contributed by atoms with Crippen LogP contribution in [0, 0.1) is 17.7 Å². The van der Waals surface area contributed by atoms with Crippen molar-refractivity contribution in [2.75, 3.05) is 7.05 Å². The van der Waals surface area contributed by atoms with Gasteiger partial charge in [0.05, 0.1) is 0 Å². The van der Waals surface area contributed by atoms with E-state index in [-0.39, 0.29) is 24.6 Å². The van der Waals surface area contributed by atoms with Gasteiger partial charge in [0.2, 0.25) is 17.7 Å². The summed E-state index contributed by atoms with van der Waals surface area (Å²) in [5.74, 6) is -2.42. The molecule has 0 saturated heterocycles. The van der Waals surface area contributed by atoms with Gasteiger partial charge < -0.3 is 10.6 Å². The highest BCUT2D eigenvalue weighted by Crippen LogP contribution is 2.17. The number of halogens is 1. The SMILES string of the molecule is CNC(=O)[C@H](Cc1ccc(F)cc1)NC(=O)C(CC(=O)NO)CC(C)C. The lowest BCUT2D eigenvalue weighted by Crippen LogP contribution is -2.49. The number of carbonyl (C=O) groups excluding carboxylic acids is 3. The molecule has 144 valence electrons. The molecule has 0 aliphatic rings. The summed E-state index contributed by atoms with van der Waals surface area (Å²) in [6.07, 6.45) is 0.431. The Morgan fingerprint density at radius 2 is 1.73 bits per heavy atom. The van der Waals surface area contributed by atoms with Gasteiger partial charge in [-0.1, -0.05) is 26.0 Å². The number of likely N-dealkylation sites (N-methyl/N-ethyl adjacent to an activating group) is 1. The summed E-state index contributed by atoms with van der Waals surface area (Å²) in [4.78, 5) is 36.2. The standard InChI is InChI=1S/C18H26FN3O4/c1-11(2)8-13(10-16(23)22-26)17(24)21-15(18(25)20-3)9-12-4-6-14(19)7-5-12/h4-7,11,13,15,26H,8-10H2,1-3H3,(H,20,25)(H,21,24)(H,22,23)/t13?,15-/m0/s1. The number of amides is 3. The fourth-order valence-corrected chi connectivity index (χ4v) is 2.65. The van der Waals surface area contributed by atoms with E-state index in [1.165, 1.54) is 24.7 Å².